The van der Waals surface area contributed by atoms with E-state index >= 15 is 0 Å². The molecule has 1 N–H and O–H groups in total. The second-order valence-electron chi connectivity index (χ2n) is 5.64. The minimum atomic E-state index is -0.513. The number of para-hydroxylation sites is 1. The molecule has 2 aromatic rings. The highest BCUT2D eigenvalue weighted by atomic mass is 32.2. The Labute approximate surface area is 162 Å². The first-order valence-corrected chi connectivity index (χ1v) is 9.20. The molecule has 6 nitrogen and oxygen atoms in total. The largest absolute Gasteiger partial charge is 0.496 e. The van der Waals surface area contributed by atoms with Crippen LogP contribution in [0.25, 0.3) is 0 Å². The summed E-state index contributed by atoms with van der Waals surface area (Å²) in [5.74, 6) is -0.0728. The average Bonchev–Trinajstić information content (AvgIpc) is 2.66. The third-order valence-corrected chi connectivity index (χ3v) is 4.53. The Morgan fingerprint density at radius 2 is 2.00 bits per heavy atom. The lowest BCUT2D eigenvalue weighted by atomic mass is 10.1. The molecule has 0 unspecified atom stereocenters. The lowest BCUT2D eigenvalue weighted by molar-refractivity contribution is -0.146. The van der Waals surface area contributed by atoms with E-state index in [2.05, 4.69) is 5.32 Å². The average molecular weight is 384 g/mol. The van der Waals surface area contributed by atoms with Crippen molar-refractivity contribution in [1.82, 2.24) is 0 Å². The number of nitrogens with zero attached hydrogens (tertiary/aromatic N) is 1. The minimum absolute atomic E-state index is 0.0206. The molecule has 0 aliphatic heterocycles. The maximum Gasteiger partial charge on any atom is 0.310 e. The maximum absolute atomic E-state index is 12.1. The van der Waals surface area contributed by atoms with Gasteiger partial charge in [0.05, 0.1) is 31.0 Å². The predicted octanol–water partition coefficient (Wildman–Crippen LogP) is 3.34. The molecular weight excluding hydrogens is 364 g/mol. The number of hydrogen-bond donors (Lipinski definition) is 1. The summed E-state index contributed by atoms with van der Waals surface area (Å²) in [5, 5.41) is 11.4. The van der Waals surface area contributed by atoms with Crippen molar-refractivity contribution in [3.05, 3.63) is 53.6 Å². The van der Waals surface area contributed by atoms with Crippen LogP contribution in [0, 0.1) is 18.3 Å². The number of ether oxygens (including phenoxy) is 2. The molecule has 0 radical (unpaired) electrons. The summed E-state index contributed by atoms with van der Waals surface area (Å²) in [7, 11) is 1.54. The van der Waals surface area contributed by atoms with Crippen molar-refractivity contribution in [1.29, 1.82) is 5.26 Å². The molecule has 0 aromatic heterocycles. The summed E-state index contributed by atoms with van der Waals surface area (Å²) in [5.41, 5.74) is 2.29. The van der Waals surface area contributed by atoms with Gasteiger partial charge in [0.15, 0.2) is 6.61 Å². The molecule has 27 heavy (non-hydrogen) atoms. The first-order chi connectivity index (χ1) is 13.0. The molecule has 0 atom stereocenters. The van der Waals surface area contributed by atoms with Crippen LogP contribution < -0.4 is 10.1 Å². The lowest BCUT2D eigenvalue weighted by Crippen LogP contribution is -2.22. The number of esters is 1. The Morgan fingerprint density at radius 1 is 1.22 bits per heavy atom. The van der Waals surface area contributed by atoms with Crippen LogP contribution in [-0.2, 0) is 20.7 Å². The van der Waals surface area contributed by atoms with E-state index in [0.29, 0.717) is 17.0 Å². The summed E-state index contributed by atoms with van der Waals surface area (Å²) in [6.45, 7) is 1.54. The quantitative estimate of drug-likeness (QED) is 0.555. The van der Waals surface area contributed by atoms with Crippen molar-refractivity contribution >= 4 is 29.3 Å². The Kier molecular flexibility index (Phi) is 7.71. The molecule has 0 saturated heterocycles. The highest BCUT2D eigenvalue weighted by molar-refractivity contribution is 7.99. The molecule has 0 bridgehead atoms. The summed E-state index contributed by atoms with van der Waals surface area (Å²) in [4.78, 5) is 24.9. The van der Waals surface area contributed by atoms with E-state index in [4.69, 9.17) is 14.7 Å². The van der Waals surface area contributed by atoms with Crippen LogP contribution in [0.5, 0.6) is 5.75 Å². The molecular formula is C20H20N2O4S. The van der Waals surface area contributed by atoms with E-state index in [1.807, 2.05) is 37.3 Å². The number of methoxy groups -OCH3 is 1. The Morgan fingerprint density at radius 3 is 2.74 bits per heavy atom. The second kappa shape index (κ2) is 10.2. The van der Waals surface area contributed by atoms with Crippen LogP contribution in [0.3, 0.4) is 0 Å². The van der Waals surface area contributed by atoms with Crippen LogP contribution in [0.2, 0.25) is 0 Å². The van der Waals surface area contributed by atoms with E-state index in [0.717, 1.165) is 10.5 Å². The van der Waals surface area contributed by atoms with Gasteiger partial charge in [-0.2, -0.15) is 5.26 Å². The number of hydrogen-bond acceptors (Lipinski definition) is 6. The smallest absolute Gasteiger partial charge is 0.310 e. The molecule has 140 valence electrons. The van der Waals surface area contributed by atoms with Crippen LogP contribution >= 0.6 is 11.8 Å². The fraction of sp³-hybridized carbons (Fsp3) is 0.250. The number of nitriles is 1. The van der Waals surface area contributed by atoms with Gasteiger partial charge in [-0.05, 0) is 25.1 Å². The second-order valence-corrected chi connectivity index (χ2v) is 6.66. The number of amides is 1. The lowest BCUT2D eigenvalue weighted by Gasteiger charge is -2.11. The summed E-state index contributed by atoms with van der Waals surface area (Å²) >= 11 is 1.32. The number of anilines is 1. The molecule has 0 aliphatic rings. The van der Waals surface area contributed by atoms with Gasteiger partial charge >= 0.3 is 5.97 Å². The highest BCUT2D eigenvalue weighted by Crippen LogP contribution is 2.26. The molecule has 0 saturated carbocycles. The van der Waals surface area contributed by atoms with Gasteiger partial charge in [0.2, 0.25) is 0 Å². The first-order valence-electron chi connectivity index (χ1n) is 8.21. The summed E-state index contributed by atoms with van der Waals surface area (Å²) < 4.78 is 10.3. The summed E-state index contributed by atoms with van der Waals surface area (Å²) in [6, 6.07) is 14.7. The third-order valence-electron chi connectivity index (χ3n) is 3.59. The predicted molar refractivity (Wildman–Crippen MR) is 104 cm³/mol. The molecule has 0 aliphatic carbocycles. The van der Waals surface area contributed by atoms with E-state index < -0.39 is 11.9 Å². The van der Waals surface area contributed by atoms with Crippen LogP contribution in [0.1, 0.15) is 11.1 Å². The van der Waals surface area contributed by atoms with Gasteiger partial charge in [0, 0.05) is 10.5 Å². The number of thioether (sulfide) groups is 1. The fourth-order valence-electron chi connectivity index (χ4n) is 2.39. The highest BCUT2D eigenvalue weighted by Gasteiger charge is 2.13. The zero-order valence-electron chi connectivity index (χ0n) is 15.2. The minimum Gasteiger partial charge on any atom is -0.496 e. The maximum atomic E-state index is 12.1. The zero-order chi connectivity index (χ0) is 19.6. The van der Waals surface area contributed by atoms with E-state index in [9.17, 15) is 9.59 Å². The van der Waals surface area contributed by atoms with Gasteiger partial charge in [0.25, 0.3) is 5.91 Å². The van der Waals surface area contributed by atoms with Crippen molar-refractivity contribution < 1.29 is 19.1 Å². The first kappa shape index (κ1) is 20.3. The van der Waals surface area contributed by atoms with Gasteiger partial charge in [-0.25, -0.2) is 0 Å². The SMILES string of the molecule is COc1ccc(C)cc1CC(=O)OCC(=O)Nc1ccccc1SCC#N. The summed E-state index contributed by atoms with van der Waals surface area (Å²) in [6.07, 6.45) is 0.0206. The van der Waals surface area contributed by atoms with Gasteiger partial charge < -0.3 is 14.8 Å². The number of rotatable bonds is 8. The number of nitrogens with one attached hydrogen (secondary N) is 1. The van der Waals surface area contributed by atoms with Crippen molar-refractivity contribution in [2.75, 3.05) is 24.8 Å². The van der Waals surface area contributed by atoms with Gasteiger partial charge in [-0.1, -0.05) is 29.8 Å². The van der Waals surface area contributed by atoms with Crippen molar-refractivity contribution in [2.45, 2.75) is 18.2 Å². The molecule has 0 heterocycles. The Hall–Kier alpha value is -2.98. The van der Waals surface area contributed by atoms with E-state index in [1.54, 1.807) is 18.2 Å². The van der Waals surface area contributed by atoms with Gasteiger partial charge in [-0.3, -0.25) is 9.59 Å². The van der Waals surface area contributed by atoms with Crippen molar-refractivity contribution in [2.24, 2.45) is 0 Å². The number of benzene rings is 2. The van der Waals surface area contributed by atoms with Crippen molar-refractivity contribution in [3.63, 3.8) is 0 Å². The van der Waals surface area contributed by atoms with Crippen LogP contribution in [-0.4, -0.2) is 31.3 Å². The zero-order valence-corrected chi connectivity index (χ0v) is 16.0. The molecule has 7 heteroatoms. The normalized spacial score (nSPS) is 9.96. The Bertz CT molecular complexity index is 861. The molecule has 2 aromatic carbocycles. The fourth-order valence-corrected chi connectivity index (χ4v) is 3.06. The number of carbonyl (C=O) groups excluding carboxylic acids is 2. The molecule has 0 spiro atoms. The number of carbonyl (C=O) groups is 2. The van der Waals surface area contributed by atoms with E-state index in [-0.39, 0.29) is 18.8 Å². The van der Waals surface area contributed by atoms with Gasteiger partial charge in [-0.15, -0.1) is 11.8 Å². The topological polar surface area (TPSA) is 88.4 Å². The van der Waals surface area contributed by atoms with Crippen LogP contribution in [0.4, 0.5) is 5.69 Å². The number of aryl methyl sites for hydroxylation is 1. The molecule has 2 rings (SSSR count). The third kappa shape index (κ3) is 6.35. The van der Waals surface area contributed by atoms with Crippen molar-refractivity contribution in [3.8, 4) is 11.8 Å². The molecule has 1 amide bonds. The monoisotopic (exact) mass is 384 g/mol. The van der Waals surface area contributed by atoms with Crippen LogP contribution in [0.15, 0.2) is 47.4 Å². The standard InChI is InChI=1S/C20H20N2O4S/c1-14-7-8-17(25-2)15(11-14)12-20(24)26-13-19(23)22-16-5-3-4-6-18(16)27-10-9-21/h3-8,11H,10,12-13H2,1-2H3,(H,22,23). The molecule has 0 fully saturated rings. The Balaban J connectivity index is 1.90. The van der Waals surface area contributed by atoms with Gasteiger partial charge in [0.1, 0.15) is 5.75 Å². The van der Waals surface area contributed by atoms with E-state index in [1.165, 1.54) is 18.9 Å².